The molecular formula is C38H50O. The topological polar surface area (TPSA) is 9.23 Å². The number of allylic oxidation sites excluding steroid dienone is 5. The van der Waals surface area contributed by atoms with Crippen LogP contribution in [-0.4, -0.2) is 12.2 Å². The van der Waals surface area contributed by atoms with E-state index in [1.54, 1.807) is 22.3 Å². The summed E-state index contributed by atoms with van der Waals surface area (Å²) in [5.74, 6) is 0. The summed E-state index contributed by atoms with van der Waals surface area (Å²) in [6, 6.07) is 18.1. The fourth-order valence-corrected chi connectivity index (χ4v) is 8.84. The van der Waals surface area contributed by atoms with E-state index in [1.807, 2.05) is 0 Å². The summed E-state index contributed by atoms with van der Waals surface area (Å²) in [4.78, 5) is 0. The van der Waals surface area contributed by atoms with Crippen LogP contribution in [0.25, 0.3) is 17.2 Å². The Balaban J connectivity index is 1.50. The van der Waals surface area contributed by atoms with Crippen molar-refractivity contribution in [3.63, 3.8) is 0 Å². The summed E-state index contributed by atoms with van der Waals surface area (Å²) >= 11 is 0. The van der Waals surface area contributed by atoms with E-state index in [0.717, 1.165) is 13.0 Å². The molecule has 208 valence electrons. The highest BCUT2D eigenvalue weighted by Gasteiger charge is 2.74. The van der Waals surface area contributed by atoms with Crippen molar-refractivity contribution in [2.75, 3.05) is 6.61 Å². The van der Waals surface area contributed by atoms with Crippen molar-refractivity contribution < 1.29 is 4.74 Å². The number of unbranched alkanes of at least 4 members (excludes halogenated alkanes) is 3. The molecule has 2 spiro atoms. The van der Waals surface area contributed by atoms with Crippen LogP contribution in [0.5, 0.6) is 0 Å². The monoisotopic (exact) mass is 522 g/mol. The lowest BCUT2D eigenvalue weighted by Gasteiger charge is -2.71. The molecule has 0 radical (unpaired) electrons. The van der Waals surface area contributed by atoms with Crippen LogP contribution in [-0.2, 0) is 10.2 Å². The maximum absolute atomic E-state index is 5.99. The van der Waals surface area contributed by atoms with Crippen LogP contribution in [0.3, 0.4) is 0 Å². The van der Waals surface area contributed by atoms with E-state index in [-0.39, 0.29) is 21.8 Å². The highest BCUT2D eigenvalue weighted by Crippen LogP contribution is 2.81. The number of rotatable bonds is 8. The summed E-state index contributed by atoms with van der Waals surface area (Å²) in [7, 11) is 0. The fraction of sp³-hybridized carbons (Fsp3) is 0.526. The molecule has 1 heteroatoms. The van der Waals surface area contributed by atoms with E-state index in [9.17, 15) is 0 Å². The Hall–Kier alpha value is -2.38. The minimum atomic E-state index is -0.0393. The summed E-state index contributed by atoms with van der Waals surface area (Å²) in [5, 5.41) is 0. The van der Waals surface area contributed by atoms with E-state index < -0.39 is 0 Å². The summed E-state index contributed by atoms with van der Waals surface area (Å²) in [5.41, 5.74) is 14.0. The van der Waals surface area contributed by atoms with E-state index in [1.165, 1.54) is 59.9 Å². The Morgan fingerprint density at radius 1 is 0.744 bits per heavy atom. The second-order valence-corrected chi connectivity index (χ2v) is 13.9. The van der Waals surface area contributed by atoms with Gasteiger partial charge in [-0.1, -0.05) is 97.5 Å². The third kappa shape index (κ3) is 4.06. The molecule has 0 heterocycles. The van der Waals surface area contributed by atoms with Gasteiger partial charge in [0, 0.05) is 17.4 Å². The predicted molar refractivity (Wildman–Crippen MR) is 168 cm³/mol. The van der Waals surface area contributed by atoms with Gasteiger partial charge in [0.2, 0.25) is 0 Å². The van der Waals surface area contributed by atoms with E-state index in [4.69, 9.17) is 4.74 Å². The van der Waals surface area contributed by atoms with Gasteiger partial charge in [-0.25, -0.2) is 0 Å². The minimum Gasteiger partial charge on any atom is -0.376 e. The predicted octanol–water partition coefficient (Wildman–Crippen LogP) is 10.9. The van der Waals surface area contributed by atoms with E-state index >= 15 is 0 Å². The standard InChI is InChI=1S/C38H50O/c1-26-24-33-32(31-18-13-12-14-19-31)20-17-21-34(33)37(26)25-38(29(4)27(2)28(3)30(38)5)36(37,9)22-15-10-11-16-23-39-35(6,7)8/h12-14,17-21,24H,10-11,15-16,22-23,25H2,1-9H3. The first-order valence-corrected chi connectivity index (χ1v) is 15.3. The normalized spacial score (nSPS) is 25.5. The quantitative estimate of drug-likeness (QED) is 0.313. The molecule has 0 aliphatic heterocycles. The molecule has 1 nitrogen and oxygen atoms in total. The Kier molecular flexibility index (Phi) is 7.16. The number of hydrogen-bond acceptors (Lipinski definition) is 1. The molecular weight excluding hydrogens is 472 g/mol. The van der Waals surface area contributed by atoms with Crippen LogP contribution in [0.15, 0.2) is 76.4 Å². The van der Waals surface area contributed by atoms with Crippen molar-refractivity contribution in [1.29, 1.82) is 0 Å². The van der Waals surface area contributed by atoms with E-state index in [0.29, 0.717) is 0 Å². The molecule has 2 aromatic rings. The van der Waals surface area contributed by atoms with Gasteiger partial charge in [-0.3, -0.25) is 0 Å². The highest BCUT2D eigenvalue weighted by molar-refractivity contribution is 5.85. The zero-order chi connectivity index (χ0) is 28.2. The van der Waals surface area contributed by atoms with Gasteiger partial charge in [0.25, 0.3) is 0 Å². The third-order valence-corrected chi connectivity index (χ3v) is 11.2. The molecule has 0 amide bonds. The smallest absolute Gasteiger partial charge is 0.0598 e. The van der Waals surface area contributed by atoms with Crippen molar-refractivity contribution in [2.45, 2.75) is 112 Å². The maximum atomic E-state index is 5.99. The van der Waals surface area contributed by atoms with Gasteiger partial charge in [-0.2, -0.15) is 0 Å². The van der Waals surface area contributed by atoms with Gasteiger partial charge < -0.3 is 4.74 Å². The molecule has 0 saturated heterocycles. The number of ether oxygens (including phenoxy) is 1. The Morgan fingerprint density at radius 2 is 1.38 bits per heavy atom. The van der Waals surface area contributed by atoms with Gasteiger partial charge >= 0.3 is 0 Å². The summed E-state index contributed by atoms with van der Waals surface area (Å²) in [6.07, 6.45) is 9.95. The molecule has 1 saturated carbocycles. The molecule has 5 rings (SSSR count). The van der Waals surface area contributed by atoms with Crippen LogP contribution >= 0.6 is 0 Å². The molecule has 3 aliphatic rings. The number of benzene rings is 2. The molecule has 0 bridgehead atoms. The van der Waals surface area contributed by atoms with Gasteiger partial charge in [-0.05, 0) is 113 Å². The van der Waals surface area contributed by atoms with Crippen molar-refractivity contribution in [3.8, 4) is 11.1 Å². The summed E-state index contributed by atoms with van der Waals surface area (Å²) in [6.45, 7) is 22.0. The Morgan fingerprint density at radius 3 is 2.03 bits per heavy atom. The zero-order valence-corrected chi connectivity index (χ0v) is 26.1. The second-order valence-electron chi connectivity index (χ2n) is 13.9. The van der Waals surface area contributed by atoms with Crippen molar-refractivity contribution >= 4 is 6.08 Å². The van der Waals surface area contributed by atoms with Gasteiger partial charge in [0.1, 0.15) is 0 Å². The number of fused-ring (bicyclic) bond motifs is 2. The first-order chi connectivity index (χ1) is 18.4. The van der Waals surface area contributed by atoms with Crippen molar-refractivity contribution in [3.05, 3.63) is 87.5 Å². The first kappa shape index (κ1) is 28.2. The fourth-order valence-electron chi connectivity index (χ4n) is 8.84. The average molecular weight is 523 g/mol. The lowest BCUT2D eigenvalue weighted by molar-refractivity contribution is -0.0953. The molecule has 2 aromatic carbocycles. The van der Waals surface area contributed by atoms with Gasteiger partial charge in [0.05, 0.1) is 5.60 Å². The average Bonchev–Trinajstić information content (AvgIpc) is 3.30. The Bertz CT molecular complexity index is 1320. The van der Waals surface area contributed by atoms with E-state index in [2.05, 4.69) is 117 Å². The zero-order valence-electron chi connectivity index (χ0n) is 26.1. The molecule has 39 heavy (non-hydrogen) atoms. The van der Waals surface area contributed by atoms with Crippen molar-refractivity contribution in [2.24, 2.45) is 10.8 Å². The minimum absolute atomic E-state index is 0.0393. The number of hydrogen-bond donors (Lipinski definition) is 0. The first-order valence-electron chi connectivity index (χ1n) is 15.3. The molecule has 0 aromatic heterocycles. The summed E-state index contributed by atoms with van der Waals surface area (Å²) < 4.78 is 5.99. The molecule has 1 fully saturated rings. The van der Waals surface area contributed by atoms with Gasteiger partial charge in [0.15, 0.2) is 0 Å². The molecule has 2 unspecified atom stereocenters. The highest BCUT2D eigenvalue weighted by atomic mass is 16.5. The van der Waals surface area contributed by atoms with Crippen LogP contribution in [0, 0.1) is 10.8 Å². The SMILES string of the molecule is CC1=Cc2c(-c3ccccc3)cccc2C12CC1(C(C)=C(C)C(C)=C1C)C2(C)CCCCCCOC(C)(C)C. The van der Waals surface area contributed by atoms with Crippen LogP contribution in [0.2, 0.25) is 0 Å². The lowest BCUT2D eigenvalue weighted by Crippen LogP contribution is -2.67. The Labute approximate surface area is 238 Å². The molecule has 2 atom stereocenters. The van der Waals surface area contributed by atoms with Crippen LogP contribution < -0.4 is 0 Å². The lowest BCUT2D eigenvalue weighted by atomic mass is 9.31. The van der Waals surface area contributed by atoms with Crippen LogP contribution in [0.4, 0.5) is 0 Å². The largest absolute Gasteiger partial charge is 0.376 e. The second kappa shape index (κ2) is 9.91. The van der Waals surface area contributed by atoms with Crippen LogP contribution in [0.1, 0.15) is 112 Å². The third-order valence-electron chi connectivity index (χ3n) is 11.2. The molecule has 0 N–H and O–H groups in total. The van der Waals surface area contributed by atoms with Crippen molar-refractivity contribution in [1.82, 2.24) is 0 Å². The maximum Gasteiger partial charge on any atom is 0.0598 e. The molecule has 3 aliphatic carbocycles. The van der Waals surface area contributed by atoms with Gasteiger partial charge in [-0.15, -0.1) is 0 Å².